The highest BCUT2D eigenvalue weighted by molar-refractivity contribution is 5.10. The average Bonchev–Trinajstić information content (AvgIpc) is 2.44. The van der Waals surface area contributed by atoms with Crippen molar-refractivity contribution in [3.63, 3.8) is 0 Å². The molecule has 0 spiro atoms. The number of rotatable bonds is 4. The second-order valence-electron chi connectivity index (χ2n) is 2.49. The second-order valence-corrected chi connectivity index (χ2v) is 2.49. The van der Waals surface area contributed by atoms with Crippen LogP contribution in [0.1, 0.15) is 0 Å². The van der Waals surface area contributed by atoms with Crippen LogP contribution in [0.2, 0.25) is 0 Å². The molecule has 1 heterocycles. The monoisotopic (exact) mass is 210 g/mol. The first kappa shape index (κ1) is 10.8. The average molecular weight is 210 g/mol. The summed E-state index contributed by atoms with van der Waals surface area (Å²) < 4.78 is 44.4. The van der Waals surface area contributed by atoms with Crippen molar-refractivity contribution >= 4 is 0 Å². The van der Waals surface area contributed by atoms with Crippen LogP contribution in [0.25, 0.3) is 0 Å². The van der Waals surface area contributed by atoms with E-state index in [4.69, 9.17) is 4.74 Å². The molecule has 7 heteroatoms. The largest absolute Gasteiger partial charge is 0.522 e. The van der Waals surface area contributed by atoms with Crippen molar-refractivity contribution in [3.05, 3.63) is 12.4 Å². The van der Waals surface area contributed by atoms with Gasteiger partial charge in [-0.1, -0.05) is 0 Å². The van der Waals surface area contributed by atoms with Crippen LogP contribution in [0.3, 0.4) is 0 Å². The molecule has 0 radical (unpaired) electrons. The van der Waals surface area contributed by atoms with Crippen LogP contribution in [0.15, 0.2) is 12.4 Å². The molecule has 0 aliphatic heterocycles. The zero-order valence-corrected chi connectivity index (χ0v) is 7.41. The first-order valence-corrected chi connectivity index (χ1v) is 3.79. The van der Waals surface area contributed by atoms with E-state index < -0.39 is 13.0 Å². The van der Waals surface area contributed by atoms with Crippen molar-refractivity contribution < 1.29 is 22.6 Å². The molecule has 0 bridgehead atoms. The third-order valence-electron chi connectivity index (χ3n) is 1.30. The van der Waals surface area contributed by atoms with Crippen molar-refractivity contribution in [3.8, 4) is 5.75 Å². The van der Waals surface area contributed by atoms with E-state index >= 15 is 0 Å². The van der Waals surface area contributed by atoms with Gasteiger partial charge in [0.2, 0.25) is 0 Å². The van der Waals surface area contributed by atoms with E-state index in [1.807, 2.05) is 0 Å². The van der Waals surface area contributed by atoms with Crippen molar-refractivity contribution in [2.24, 2.45) is 7.05 Å². The Morgan fingerprint density at radius 1 is 1.43 bits per heavy atom. The van der Waals surface area contributed by atoms with Gasteiger partial charge in [-0.15, -0.1) is 13.2 Å². The van der Waals surface area contributed by atoms with Crippen molar-refractivity contribution in [1.82, 2.24) is 9.78 Å². The SMILES string of the molecule is Cn1cc(OCCOC(F)(F)F)cn1. The number of alkyl halides is 3. The molecule has 0 unspecified atom stereocenters. The Labute approximate surface area is 78.2 Å². The Kier molecular flexibility index (Phi) is 3.34. The normalized spacial score (nSPS) is 11.7. The molecule has 0 aromatic carbocycles. The molecule has 0 aliphatic rings. The number of ether oxygens (including phenoxy) is 2. The summed E-state index contributed by atoms with van der Waals surface area (Å²) in [5.41, 5.74) is 0. The number of hydrogen-bond acceptors (Lipinski definition) is 3. The van der Waals surface area contributed by atoms with E-state index in [-0.39, 0.29) is 6.61 Å². The Morgan fingerprint density at radius 3 is 2.64 bits per heavy atom. The summed E-state index contributed by atoms with van der Waals surface area (Å²) in [7, 11) is 1.68. The van der Waals surface area contributed by atoms with Gasteiger partial charge in [0.15, 0.2) is 5.75 Å². The van der Waals surface area contributed by atoms with Gasteiger partial charge in [-0.05, 0) is 0 Å². The smallest absolute Gasteiger partial charge is 0.488 e. The summed E-state index contributed by atoms with van der Waals surface area (Å²) in [4.78, 5) is 0. The maximum Gasteiger partial charge on any atom is 0.522 e. The molecular weight excluding hydrogens is 201 g/mol. The molecule has 0 saturated carbocycles. The summed E-state index contributed by atoms with van der Waals surface area (Å²) in [6, 6.07) is 0. The molecule has 0 amide bonds. The van der Waals surface area contributed by atoms with Crippen molar-refractivity contribution in [2.75, 3.05) is 13.2 Å². The van der Waals surface area contributed by atoms with Crippen LogP contribution in [-0.2, 0) is 11.8 Å². The Hall–Kier alpha value is -1.24. The van der Waals surface area contributed by atoms with Crippen molar-refractivity contribution in [1.29, 1.82) is 0 Å². The highest BCUT2D eigenvalue weighted by Gasteiger charge is 2.28. The van der Waals surface area contributed by atoms with Gasteiger partial charge in [0, 0.05) is 7.05 Å². The fraction of sp³-hybridized carbons (Fsp3) is 0.571. The molecule has 80 valence electrons. The Bertz CT molecular complexity index is 285. The molecule has 4 nitrogen and oxygen atoms in total. The Morgan fingerprint density at radius 2 is 2.14 bits per heavy atom. The topological polar surface area (TPSA) is 36.3 Å². The van der Waals surface area contributed by atoms with Crippen LogP contribution in [0.5, 0.6) is 5.75 Å². The number of hydrogen-bond donors (Lipinski definition) is 0. The zero-order valence-electron chi connectivity index (χ0n) is 7.41. The predicted octanol–water partition coefficient (Wildman–Crippen LogP) is 1.34. The number of aromatic nitrogens is 2. The van der Waals surface area contributed by atoms with Gasteiger partial charge in [0.25, 0.3) is 0 Å². The fourth-order valence-corrected chi connectivity index (χ4v) is 0.790. The van der Waals surface area contributed by atoms with E-state index in [9.17, 15) is 13.2 Å². The van der Waals surface area contributed by atoms with Crippen LogP contribution in [0, 0.1) is 0 Å². The maximum atomic E-state index is 11.5. The lowest BCUT2D eigenvalue weighted by molar-refractivity contribution is -0.325. The lowest BCUT2D eigenvalue weighted by Gasteiger charge is -2.07. The predicted molar refractivity (Wildman–Crippen MR) is 40.7 cm³/mol. The highest BCUT2D eigenvalue weighted by Crippen LogP contribution is 2.15. The molecule has 0 N–H and O–H groups in total. The molecule has 1 aromatic heterocycles. The van der Waals surface area contributed by atoms with Crippen molar-refractivity contribution in [2.45, 2.75) is 6.36 Å². The molecule has 1 aromatic rings. The third-order valence-corrected chi connectivity index (χ3v) is 1.30. The summed E-state index contributed by atoms with van der Waals surface area (Å²) in [6.45, 7) is -0.691. The van der Waals surface area contributed by atoms with E-state index in [1.54, 1.807) is 13.2 Å². The lowest BCUT2D eigenvalue weighted by Crippen LogP contribution is -2.18. The number of halogens is 3. The van der Waals surface area contributed by atoms with Gasteiger partial charge in [0.05, 0.1) is 19.0 Å². The molecule has 0 fully saturated rings. The first-order valence-electron chi connectivity index (χ1n) is 3.79. The fourth-order valence-electron chi connectivity index (χ4n) is 0.790. The standard InChI is InChI=1S/C7H9F3N2O2/c1-12-5-6(4-11-12)13-2-3-14-7(8,9)10/h4-5H,2-3H2,1H3. The summed E-state index contributed by atoms with van der Waals surface area (Å²) in [5, 5.41) is 3.77. The van der Waals surface area contributed by atoms with Gasteiger partial charge in [-0.3, -0.25) is 9.42 Å². The number of nitrogens with zero attached hydrogens (tertiary/aromatic N) is 2. The highest BCUT2D eigenvalue weighted by atomic mass is 19.4. The molecular formula is C7H9F3N2O2. The van der Waals surface area contributed by atoms with E-state index in [1.165, 1.54) is 10.9 Å². The van der Waals surface area contributed by atoms with Crippen LogP contribution in [-0.4, -0.2) is 29.4 Å². The minimum Gasteiger partial charge on any atom is -0.488 e. The number of aryl methyl sites for hydroxylation is 1. The summed E-state index contributed by atoms with van der Waals surface area (Å²) in [6.07, 6.45) is -1.64. The van der Waals surface area contributed by atoms with Gasteiger partial charge < -0.3 is 4.74 Å². The van der Waals surface area contributed by atoms with Crippen LogP contribution in [0.4, 0.5) is 13.2 Å². The van der Waals surface area contributed by atoms with Crippen LogP contribution < -0.4 is 4.74 Å². The minimum atomic E-state index is -4.60. The molecule has 1 rings (SSSR count). The van der Waals surface area contributed by atoms with E-state index in [0.717, 1.165) is 0 Å². The van der Waals surface area contributed by atoms with Gasteiger partial charge in [-0.25, -0.2) is 0 Å². The summed E-state index contributed by atoms with van der Waals surface area (Å²) >= 11 is 0. The molecule has 0 saturated heterocycles. The summed E-state index contributed by atoms with van der Waals surface area (Å²) in [5.74, 6) is 0.415. The second kappa shape index (κ2) is 4.32. The quantitative estimate of drug-likeness (QED) is 0.703. The Balaban J connectivity index is 2.16. The molecule has 0 aliphatic carbocycles. The van der Waals surface area contributed by atoms with Gasteiger partial charge in [0.1, 0.15) is 6.61 Å². The van der Waals surface area contributed by atoms with E-state index in [2.05, 4.69) is 9.84 Å². The van der Waals surface area contributed by atoms with Crippen LogP contribution >= 0.6 is 0 Å². The van der Waals surface area contributed by atoms with Gasteiger partial charge >= 0.3 is 6.36 Å². The molecule has 0 atom stereocenters. The maximum absolute atomic E-state index is 11.5. The van der Waals surface area contributed by atoms with Gasteiger partial charge in [-0.2, -0.15) is 5.10 Å². The minimum absolute atomic E-state index is 0.162. The molecule has 14 heavy (non-hydrogen) atoms. The van der Waals surface area contributed by atoms with E-state index in [0.29, 0.717) is 5.75 Å². The third kappa shape index (κ3) is 4.13. The zero-order chi connectivity index (χ0) is 10.6. The lowest BCUT2D eigenvalue weighted by atomic mass is 10.6. The first-order chi connectivity index (χ1) is 6.47.